The average Bonchev–Trinajstić information content (AvgIpc) is 3.08. The third kappa shape index (κ3) is 21.3. The molecule has 1 aliphatic rings. The predicted molar refractivity (Wildman–Crippen MR) is 209 cm³/mol. The molecule has 7 atom stereocenters. The first kappa shape index (κ1) is 49.1. The number of unbranched alkanes of at least 4 members (excludes halogenated alkanes) is 6. The summed E-state index contributed by atoms with van der Waals surface area (Å²) in [4.78, 5) is 72.7. The van der Waals surface area contributed by atoms with Gasteiger partial charge >= 0.3 is 17.9 Å². The summed E-state index contributed by atoms with van der Waals surface area (Å²) in [5.41, 5.74) is 5.16. The van der Waals surface area contributed by atoms with Crippen LogP contribution in [-0.2, 0) is 47.7 Å². The number of nitrogens with two attached hydrogens (primary N) is 1. The van der Waals surface area contributed by atoms with Crippen molar-refractivity contribution in [1.82, 2.24) is 16.0 Å². The minimum absolute atomic E-state index is 0.0243. The zero-order valence-electron chi connectivity index (χ0n) is 34.2. The van der Waals surface area contributed by atoms with E-state index in [0.717, 1.165) is 83.5 Å². The summed E-state index contributed by atoms with van der Waals surface area (Å²) in [7, 11) is 0. The molecule has 0 aromatic rings. The van der Waals surface area contributed by atoms with Gasteiger partial charge in [0.1, 0.15) is 24.2 Å². The van der Waals surface area contributed by atoms with E-state index >= 15 is 0 Å². The van der Waals surface area contributed by atoms with E-state index in [0.29, 0.717) is 25.1 Å². The lowest BCUT2D eigenvalue weighted by Crippen LogP contribution is -2.65. The number of carbonyl (C=O) groups excluding carboxylic acids is 6. The summed E-state index contributed by atoms with van der Waals surface area (Å²) < 4.78 is 22.3. The van der Waals surface area contributed by atoms with E-state index in [-0.39, 0.29) is 35.4 Å². The van der Waals surface area contributed by atoms with Gasteiger partial charge in [0, 0.05) is 58.2 Å². The molecule has 0 bridgehead atoms. The fourth-order valence-electron chi connectivity index (χ4n) is 6.22. The Hall–Kier alpha value is -2.91. The van der Waals surface area contributed by atoms with Gasteiger partial charge in [0.25, 0.3) is 0 Å². The van der Waals surface area contributed by atoms with Gasteiger partial charge < -0.3 is 40.6 Å². The average molecular weight is 787 g/mol. The van der Waals surface area contributed by atoms with E-state index < -0.39 is 47.7 Å². The van der Waals surface area contributed by atoms with Gasteiger partial charge in [0.15, 0.2) is 12.2 Å². The maximum Gasteiger partial charge on any atom is 0.303 e. The molecule has 54 heavy (non-hydrogen) atoms. The second kappa shape index (κ2) is 26.0. The van der Waals surface area contributed by atoms with Crippen molar-refractivity contribution in [3.8, 4) is 0 Å². The van der Waals surface area contributed by atoms with Crippen LogP contribution in [0.5, 0.6) is 0 Å². The number of esters is 3. The van der Waals surface area contributed by atoms with Crippen LogP contribution in [-0.4, -0.2) is 95.4 Å². The molecule has 0 aliphatic carbocycles. The molecular formula is C39H70N4O10S. The third-order valence-corrected chi connectivity index (χ3v) is 11.1. The smallest absolute Gasteiger partial charge is 0.303 e. The summed E-state index contributed by atoms with van der Waals surface area (Å²) in [6.07, 6.45) is 9.49. The molecular weight excluding hydrogens is 717 g/mol. The van der Waals surface area contributed by atoms with Crippen molar-refractivity contribution < 1.29 is 47.7 Å². The van der Waals surface area contributed by atoms with Crippen molar-refractivity contribution in [2.75, 3.05) is 18.9 Å². The van der Waals surface area contributed by atoms with Gasteiger partial charge in [-0.2, -0.15) is 0 Å². The number of amides is 3. The molecule has 0 aromatic carbocycles. The van der Waals surface area contributed by atoms with E-state index in [9.17, 15) is 28.8 Å². The molecule has 0 radical (unpaired) electrons. The minimum Gasteiger partial charge on any atom is -0.463 e. The maximum atomic E-state index is 12.6. The zero-order valence-corrected chi connectivity index (χ0v) is 35.0. The number of rotatable bonds is 27. The monoisotopic (exact) mass is 786 g/mol. The Morgan fingerprint density at radius 2 is 1.31 bits per heavy atom. The summed E-state index contributed by atoms with van der Waals surface area (Å²) in [5, 5.41) is 9.02. The lowest BCUT2D eigenvalue weighted by molar-refractivity contribution is -0.211. The normalized spacial score (nSPS) is 21.8. The van der Waals surface area contributed by atoms with Crippen LogP contribution in [0.15, 0.2) is 0 Å². The fourth-order valence-corrected chi connectivity index (χ4v) is 7.48. The quantitative estimate of drug-likeness (QED) is 0.0496. The maximum absolute atomic E-state index is 12.6. The number of thioether (sulfide) groups is 1. The Bertz CT molecular complexity index is 1190. The topological polar surface area (TPSA) is 201 Å². The molecule has 1 heterocycles. The first-order valence-electron chi connectivity index (χ1n) is 19.8. The number of ether oxygens (including phenoxy) is 4. The lowest BCUT2D eigenvalue weighted by Gasteiger charge is -2.45. The molecule has 312 valence electrons. The molecule has 3 amide bonds. The highest BCUT2D eigenvalue weighted by molar-refractivity contribution is 7.99. The number of hydrogen-bond acceptors (Lipinski definition) is 12. The first-order chi connectivity index (χ1) is 25.4. The second-order valence-corrected chi connectivity index (χ2v) is 16.3. The van der Waals surface area contributed by atoms with Crippen molar-refractivity contribution >= 4 is 47.4 Å². The SMILES string of the molecule is CCC(C)(N)CCCCCC(=O)NC(C)(CC)CCCCCC(=O)NCCCCCS[C@@H]1OC(COC(C)=O)[C@H](OC(C)=O)C(OC(C)=O)C1NC(C)=O. The highest BCUT2D eigenvalue weighted by Gasteiger charge is 2.50. The van der Waals surface area contributed by atoms with Gasteiger partial charge in [-0.1, -0.05) is 46.0 Å². The van der Waals surface area contributed by atoms with Crippen LogP contribution in [0.2, 0.25) is 0 Å². The molecule has 1 saturated heterocycles. The minimum atomic E-state index is -1.11. The van der Waals surface area contributed by atoms with Gasteiger partial charge in [0.2, 0.25) is 17.7 Å². The van der Waals surface area contributed by atoms with Gasteiger partial charge in [-0.05, 0) is 71.0 Å². The van der Waals surface area contributed by atoms with Crippen LogP contribution in [0, 0.1) is 0 Å². The van der Waals surface area contributed by atoms with Crippen LogP contribution < -0.4 is 21.7 Å². The summed E-state index contributed by atoms with van der Waals surface area (Å²) in [6.45, 7) is 13.7. The fraction of sp³-hybridized carbons (Fsp3) is 0.846. The molecule has 14 nitrogen and oxygen atoms in total. The molecule has 0 saturated carbocycles. The van der Waals surface area contributed by atoms with Crippen molar-refractivity contribution in [3.63, 3.8) is 0 Å². The Kier molecular flexibility index (Phi) is 23.7. The van der Waals surface area contributed by atoms with E-state index in [4.69, 9.17) is 24.7 Å². The molecule has 0 aromatic heterocycles. The molecule has 5 N–H and O–H groups in total. The Morgan fingerprint density at radius 1 is 0.722 bits per heavy atom. The van der Waals surface area contributed by atoms with E-state index in [2.05, 4.69) is 43.6 Å². The molecule has 1 aliphatic heterocycles. The van der Waals surface area contributed by atoms with E-state index in [1.54, 1.807) is 0 Å². The van der Waals surface area contributed by atoms with Crippen LogP contribution in [0.4, 0.5) is 0 Å². The van der Waals surface area contributed by atoms with Crippen molar-refractivity contribution in [2.45, 2.75) is 193 Å². The second-order valence-electron chi connectivity index (χ2n) is 15.1. The molecule has 0 spiro atoms. The standard InChI is InChI=1S/C39H70N4O10S/c1-9-38(7,40)22-16-11-15-21-33(49)43-39(8,10-2)23-17-12-14-20-32(48)41-24-18-13-19-25-54-37-34(42-27(3)44)36(52-30(6)47)35(51-29(5)46)31(53-37)26-50-28(4)45/h31,34-37H,9-26,40H2,1-8H3,(H,41,48)(H,42,44)(H,43,49)/t31?,34?,35-,36?,37-,38?,39?/m0/s1. The predicted octanol–water partition coefficient (Wildman–Crippen LogP) is 4.98. The van der Waals surface area contributed by atoms with E-state index in [1.165, 1.54) is 39.5 Å². The van der Waals surface area contributed by atoms with Crippen LogP contribution >= 0.6 is 11.8 Å². The third-order valence-electron chi connectivity index (χ3n) is 9.81. The van der Waals surface area contributed by atoms with Gasteiger partial charge in [0.05, 0.1) is 0 Å². The Balaban J connectivity index is 2.43. The largest absolute Gasteiger partial charge is 0.463 e. The Labute approximate surface area is 327 Å². The first-order valence-corrected chi connectivity index (χ1v) is 20.8. The van der Waals surface area contributed by atoms with Crippen LogP contribution in [0.25, 0.3) is 0 Å². The highest BCUT2D eigenvalue weighted by atomic mass is 32.2. The number of carbonyl (C=O) groups is 6. The highest BCUT2D eigenvalue weighted by Crippen LogP contribution is 2.33. The van der Waals surface area contributed by atoms with Crippen molar-refractivity contribution in [3.05, 3.63) is 0 Å². The molecule has 5 unspecified atom stereocenters. The molecule has 1 rings (SSSR count). The summed E-state index contributed by atoms with van der Waals surface area (Å²) in [5.74, 6) is -1.46. The Morgan fingerprint density at radius 3 is 1.89 bits per heavy atom. The molecule has 1 fully saturated rings. The van der Waals surface area contributed by atoms with Gasteiger partial charge in [-0.15, -0.1) is 11.8 Å². The van der Waals surface area contributed by atoms with Gasteiger partial charge in [-0.25, -0.2) is 0 Å². The molecule has 15 heteroatoms. The zero-order chi connectivity index (χ0) is 40.7. The van der Waals surface area contributed by atoms with E-state index in [1.807, 2.05) is 0 Å². The summed E-state index contributed by atoms with van der Waals surface area (Å²) >= 11 is 1.41. The summed E-state index contributed by atoms with van der Waals surface area (Å²) in [6, 6.07) is -0.831. The van der Waals surface area contributed by atoms with Crippen molar-refractivity contribution in [2.24, 2.45) is 5.73 Å². The van der Waals surface area contributed by atoms with Crippen LogP contribution in [0.3, 0.4) is 0 Å². The number of nitrogens with one attached hydrogen (secondary N) is 3. The van der Waals surface area contributed by atoms with Gasteiger partial charge in [-0.3, -0.25) is 28.8 Å². The van der Waals surface area contributed by atoms with Crippen LogP contribution in [0.1, 0.15) is 152 Å². The van der Waals surface area contributed by atoms with Crippen molar-refractivity contribution in [1.29, 1.82) is 0 Å². The lowest BCUT2D eigenvalue weighted by atomic mass is 9.90. The number of hydrogen-bond donors (Lipinski definition) is 4.